The maximum Gasteiger partial charge on any atom is 0.273 e. The predicted octanol–water partition coefficient (Wildman–Crippen LogP) is 2.60. The van der Waals surface area contributed by atoms with Gasteiger partial charge < -0.3 is 15.5 Å². The van der Waals surface area contributed by atoms with E-state index >= 15 is 0 Å². The summed E-state index contributed by atoms with van der Waals surface area (Å²) in [6, 6.07) is 0. The molecule has 10 heteroatoms. The fraction of sp³-hybridized carbons (Fsp3) is 0.625. The Balaban J connectivity index is 1.33. The number of nitrogens with zero attached hydrogens (tertiary/aromatic N) is 4. The van der Waals surface area contributed by atoms with E-state index in [0.29, 0.717) is 23.4 Å². The van der Waals surface area contributed by atoms with Crippen LogP contribution >= 0.6 is 11.3 Å². The SMILES string of the molecule is CCCNC(=O)C1CCN(c2nc3ncn(CC(=O)NCCC4=CCCCC4)c(=O)c3s2)CC1. The number of thiazole rings is 1. The molecule has 0 atom stereocenters. The number of aromatic nitrogens is 3. The second-order valence-electron chi connectivity index (χ2n) is 9.09. The molecule has 2 aromatic rings. The van der Waals surface area contributed by atoms with Crippen LogP contribution in [-0.4, -0.2) is 52.5 Å². The second kappa shape index (κ2) is 11.6. The normalized spacial score (nSPS) is 17.0. The maximum atomic E-state index is 13.0. The lowest BCUT2D eigenvalue weighted by Crippen LogP contribution is -2.40. The molecule has 2 N–H and O–H groups in total. The summed E-state index contributed by atoms with van der Waals surface area (Å²) in [6.07, 6.45) is 11.7. The molecule has 9 nitrogen and oxygen atoms in total. The predicted molar refractivity (Wildman–Crippen MR) is 134 cm³/mol. The molecule has 34 heavy (non-hydrogen) atoms. The third-order valence-corrected chi connectivity index (χ3v) is 7.62. The van der Waals surface area contributed by atoms with Crippen LogP contribution in [0.5, 0.6) is 0 Å². The van der Waals surface area contributed by atoms with Gasteiger partial charge in [0.15, 0.2) is 10.8 Å². The van der Waals surface area contributed by atoms with Gasteiger partial charge in [-0.1, -0.05) is 29.9 Å². The van der Waals surface area contributed by atoms with Gasteiger partial charge in [0, 0.05) is 32.1 Å². The van der Waals surface area contributed by atoms with Gasteiger partial charge in [0.2, 0.25) is 11.8 Å². The summed E-state index contributed by atoms with van der Waals surface area (Å²) in [6.45, 7) is 4.73. The van der Waals surface area contributed by atoms with Gasteiger partial charge in [-0.15, -0.1) is 0 Å². The molecule has 2 aromatic heterocycles. The Hall–Kier alpha value is -2.75. The Morgan fingerprint density at radius 1 is 1.18 bits per heavy atom. The molecule has 1 saturated heterocycles. The summed E-state index contributed by atoms with van der Waals surface area (Å²) in [5.74, 6) is -0.0302. The number of rotatable bonds is 9. The van der Waals surface area contributed by atoms with Crippen LogP contribution in [0.1, 0.15) is 58.3 Å². The number of fused-ring (bicyclic) bond motifs is 1. The van der Waals surface area contributed by atoms with E-state index in [-0.39, 0.29) is 29.8 Å². The van der Waals surface area contributed by atoms with Crippen molar-refractivity contribution < 1.29 is 9.59 Å². The van der Waals surface area contributed by atoms with E-state index in [2.05, 4.69) is 31.6 Å². The zero-order valence-electron chi connectivity index (χ0n) is 19.8. The minimum Gasteiger partial charge on any atom is -0.356 e. The average Bonchev–Trinajstić information content (AvgIpc) is 3.30. The third-order valence-electron chi connectivity index (χ3n) is 6.53. The Labute approximate surface area is 203 Å². The number of allylic oxidation sites excluding steroid dienone is 1. The van der Waals surface area contributed by atoms with E-state index < -0.39 is 0 Å². The first-order valence-corrected chi connectivity index (χ1v) is 13.2. The Kier molecular flexibility index (Phi) is 8.31. The highest BCUT2D eigenvalue weighted by molar-refractivity contribution is 7.22. The summed E-state index contributed by atoms with van der Waals surface area (Å²) in [7, 11) is 0. The van der Waals surface area contributed by atoms with Crippen molar-refractivity contribution in [1.29, 1.82) is 0 Å². The first-order chi connectivity index (χ1) is 16.5. The Morgan fingerprint density at radius 2 is 2.00 bits per heavy atom. The van der Waals surface area contributed by atoms with Crippen LogP contribution in [0.4, 0.5) is 5.13 Å². The fourth-order valence-corrected chi connectivity index (χ4v) is 5.53. The van der Waals surface area contributed by atoms with Crippen LogP contribution in [-0.2, 0) is 16.1 Å². The second-order valence-corrected chi connectivity index (χ2v) is 10.1. The molecule has 0 spiro atoms. The van der Waals surface area contributed by atoms with Gasteiger partial charge in [0.05, 0.1) is 0 Å². The molecular weight excluding hydrogens is 452 g/mol. The van der Waals surface area contributed by atoms with Gasteiger partial charge in [-0.3, -0.25) is 19.0 Å². The highest BCUT2D eigenvalue weighted by atomic mass is 32.1. The van der Waals surface area contributed by atoms with E-state index in [9.17, 15) is 14.4 Å². The molecule has 1 aliphatic heterocycles. The smallest absolute Gasteiger partial charge is 0.273 e. The van der Waals surface area contributed by atoms with Gasteiger partial charge in [-0.05, 0) is 51.4 Å². The minimum atomic E-state index is -0.243. The monoisotopic (exact) mass is 486 g/mol. The summed E-state index contributed by atoms with van der Waals surface area (Å²) in [5.41, 5.74) is 1.58. The maximum absolute atomic E-state index is 13.0. The van der Waals surface area contributed by atoms with Gasteiger partial charge in [0.25, 0.3) is 5.56 Å². The van der Waals surface area contributed by atoms with Crippen molar-refractivity contribution in [3.05, 3.63) is 28.3 Å². The molecule has 0 bridgehead atoms. The third kappa shape index (κ3) is 6.02. The number of anilines is 1. The van der Waals surface area contributed by atoms with Crippen molar-refractivity contribution in [2.45, 2.75) is 64.8 Å². The molecule has 2 amide bonds. The first kappa shape index (κ1) is 24.4. The highest BCUT2D eigenvalue weighted by Gasteiger charge is 2.26. The number of carbonyl (C=O) groups excluding carboxylic acids is 2. The van der Waals surface area contributed by atoms with Crippen molar-refractivity contribution in [2.75, 3.05) is 31.1 Å². The molecule has 0 saturated carbocycles. The van der Waals surface area contributed by atoms with Gasteiger partial charge in [-0.25, -0.2) is 4.98 Å². The van der Waals surface area contributed by atoms with E-state index in [1.54, 1.807) is 0 Å². The summed E-state index contributed by atoms with van der Waals surface area (Å²) in [4.78, 5) is 48.5. The lowest BCUT2D eigenvalue weighted by Gasteiger charge is -2.30. The molecule has 1 aliphatic carbocycles. The zero-order valence-corrected chi connectivity index (χ0v) is 20.7. The largest absolute Gasteiger partial charge is 0.356 e. The number of nitrogens with one attached hydrogen (secondary N) is 2. The minimum absolute atomic E-state index is 0.0282. The average molecular weight is 487 g/mol. The molecule has 0 unspecified atom stereocenters. The van der Waals surface area contributed by atoms with E-state index in [4.69, 9.17) is 0 Å². The molecule has 0 radical (unpaired) electrons. The zero-order chi connectivity index (χ0) is 23.9. The van der Waals surface area contributed by atoms with Gasteiger partial charge >= 0.3 is 0 Å². The van der Waals surface area contributed by atoms with Gasteiger partial charge in [-0.2, -0.15) is 4.98 Å². The lowest BCUT2D eigenvalue weighted by molar-refractivity contribution is -0.125. The summed E-state index contributed by atoms with van der Waals surface area (Å²) >= 11 is 1.31. The van der Waals surface area contributed by atoms with Crippen LogP contribution in [0.15, 0.2) is 22.8 Å². The molecule has 0 aromatic carbocycles. The van der Waals surface area contributed by atoms with Crippen LogP contribution in [0, 0.1) is 5.92 Å². The van der Waals surface area contributed by atoms with Crippen LogP contribution in [0.25, 0.3) is 10.3 Å². The van der Waals surface area contributed by atoms with Crippen LogP contribution in [0.2, 0.25) is 0 Å². The Morgan fingerprint density at radius 3 is 2.74 bits per heavy atom. The van der Waals surface area contributed by atoms with Crippen molar-refractivity contribution >= 4 is 38.6 Å². The van der Waals surface area contributed by atoms with Crippen molar-refractivity contribution in [3.63, 3.8) is 0 Å². The van der Waals surface area contributed by atoms with Crippen molar-refractivity contribution in [2.24, 2.45) is 5.92 Å². The van der Waals surface area contributed by atoms with Gasteiger partial charge in [0.1, 0.15) is 17.6 Å². The summed E-state index contributed by atoms with van der Waals surface area (Å²) < 4.78 is 1.81. The topological polar surface area (TPSA) is 109 Å². The van der Waals surface area contributed by atoms with Crippen LogP contribution in [0.3, 0.4) is 0 Å². The van der Waals surface area contributed by atoms with Crippen molar-refractivity contribution in [3.8, 4) is 0 Å². The molecule has 184 valence electrons. The number of hydrogen-bond donors (Lipinski definition) is 2. The standard InChI is InChI=1S/C24H34N6O3S/c1-2-11-26-22(32)18-9-13-29(14-10-18)24-28-21-20(34-24)23(33)30(16-27-21)15-19(31)25-12-8-17-6-4-3-5-7-17/h6,16,18H,2-5,7-15H2,1H3,(H,25,31)(H,26,32). The quantitative estimate of drug-likeness (QED) is 0.528. The number of amides is 2. The van der Waals surface area contributed by atoms with Crippen LogP contribution < -0.4 is 21.1 Å². The van der Waals surface area contributed by atoms with Crippen molar-refractivity contribution in [1.82, 2.24) is 25.2 Å². The molecular formula is C24H34N6O3S. The molecule has 4 rings (SSSR count). The van der Waals surface area contributed by atoms with E-state index in [1.807, 2.05) is 6.92 Å². The number of piperidine rings is 1. The molecule has 2 aliphatic rings. The lowest BCUT2D eigenvalue weighted by atomic mass is 9.96. The van der Waals surface area contributed by atoms with E-state index in [0.717, 1.165) is 56.7 Å². The summed E-state index contributed by atoms with van der Waals surface area (Å²) in [5, 5.41) is 6.64. The fourth-order valence-electron chi connectivity index (χ4n) is 4.51. The van der Waals surface area contributed by atoms with E-state index in [1.165, 1.54) is 40.6 Å². The molecule has 1 fully saturated rings. The molecule has 3 heterocycles. The highest BCUT2D eigenvalue weighted by Crippen LogP contribution is 2.29. The number of hydrogen-bond acceptors (Lipinski definition) is 7. The number of carbonyl (C=O) groups is 2. The first-order valence-electron chi connectivity index (χ1n) is 12.4. The Bertz CT molecular complexity index is 1100.